The van der Waals surface area contributed by atoms with Crippen LogP contribution in [0, 0.1) is 0 Å². The predicted octanol–water partition coefficient (Wildman–Crippen LogP) is 14.9. The van der Waals surface area contributed by atoms with Gasteiger partial charge < -0.3 is 9.32 Å². The molecule has 10 aromatic rings. The van der Waals surface area contributed by atoms with Crippen LogP contribution < -0.4 is 4.90 Å². The molecule has 0 saturated heterocycles. The lowest BCUT2D eigenvalue weighted by Gasteiger charge is -2.29. The number of benzene rings is 9. The van der Waals surface area contributed by atoms with Crippen molar-refractivity contribution >= 4 is 49.8 Å². The Bertz CT molecular complexity index is 2920. The Labute approximate surface area is 314 Å². The summed E-state index contributed by atoms with van der Waals surface area (Å²) in [5.41, 5.74) is 14.2. The van der Waals surface area contributed by atoms with Gasteiger partial charge in [-0.3, -0.25) is 0 Å². The third kappa shape index (κ3) is 5.62. The first-order valence-electron chi connectivity index (χ1n) is 18.4. The van der Waals surface area contributed by atoms with Crippen LogP contribution >= 0.6 is 0 Å². The van der Waals surface area contributed by atoms with Gasteiger partial charge in [-0.05, 0) is 92.7 Å². The van der Waals surface area contributed by atoms with E-state index in [1.807, 2.05) is 6.07 Å². The lowest BCUT2D eigenvalue weighted by molar-refractivity contribution is 0.670. The van der Waals surface area contributed by atoms with Crippen molar-refractivity contribution in [1.82, 2.24) is 0 Å². The summed E-state index contributed by atoms with van der Waals surface area (Å²) >= 11 is 0. The molecule has 0 saturated carbocycles. The van der Waals surface area contributed by atoms with Crippen LogP contribution in [0.25, 0.3) is 77.2 Å². The van der Waals surface area contributed by atoms with E-state index in [2.05, 4.69) is 211 Å². The number of anilines is 3. The van der Waals surface area contributed by atoms with E-state index in [1.54, 1.807) is 0 Å². The van der Waals surface area contributed by atoms with Crippen molar-refractivity contribution in [2.45, 2.75) is 0 Å². The molecule has 0 bridgehead atoms. The van der Waals surface area contributed by atoms with Crippen molar-refractivity contribution in [1.29, 1.82) is 0 Å². The molecule has 9 aromatic carbocycles. The summed E-state index contributed by atoms with van der Waals surface area (Å²) in [6.07, 6.45) is 0. The molecule has 0 N–H and O–H groups in total. The minimum atomic E-state index is 0.868. The molecule has 0 spiro atoms. The van der Waals surface area contributed by atoms with Gasteiger partial charge >= 0.3 is 0 Å². The van der Waals surface area contributed by atoms with Crippen LogP contribution in [0.1, 0.15) is 0 Å². The molecular formula is C52H35NO. The van der Waals surface area contributed by atoms with E-state index in [0.717, 1.165) is 61.3 Å². The Morgan fingerprint density at radius 1 is 0.333 bits per heavy atom. The summed E-state index contributed by atoms with van der Waals surface area (Å²) in [6, 6.07) is 75.8. The first kappa shape index (κ1) is 31.6. The minimum absolute atomic E-state index is 0.868. The van der Waals surface area contributed by atoms with Crippen LogP contribution in [0.15, 0.2) is 217 Å². The fraction of sp³-hybridized carbons (Fsp3) is 0. The lowest BCUT2D eigenvalue weighted by Crippen LogP contribution is -2.11. The summed E-state index contributed by atoms with van der Waals surface area (Å²) in [4.78, 5) is 2.41. The Morgan fingerprint density at radius 2 is 0.944 bits per heavy atom. The van der Waals surface area contributed by atoms with E-state index in [1.165, 1.54) is 33.0 Å². The van der Waals surface area contributed by atoms with E-state index in [-0.39, 0.29) is 0 Å². The SMILES string of the molecule is c1ccc(-c2cccc(-c3ccccc3N(c3ccc(-c4ccc5ccccc5c4)cc3)c3ccc(-c4ccccc4)c4oc5ccccc5c34)c2)cc1. The standard InChI is InChI=1S/C52H35NO/c1-3-14-36(15-4-1)41-20-13-21-43(35-41)45-22-9-11-24-48(45)53(44-30-28-38(29-31-44)42-27-26-37-16-7-8-19-40(37)34-42)49-33-32-46(39-17-5-2-6-18-39)52-51(49)47-23-10-12-25-50(47)54-52/h1-35H. The number of hydrogen-bond donors (Lipinski definition) is 0. The third-order valence-electron chi connectivity index (χ3n) is 10.5. The summed E-state index contributed by atoms with van der Waals surface area (Å²) in [7, 11) is 0. The number of furan rings is 1. The van der Waals surface area contributed by atoms with Crippen molar-refractivity contribution in [3.8, 4) is 44.5 Å². The summed E-state index contributed by atoms with van der Waals surface area (Å²) in [5, 5.41) is 4.65. The molecule has 2 nitrogen and oxygen atoms in total. The molecule has 0 radical (unpaired) electrons. The Kier molecular flexibility index (Phi) is 7.85. The number of fused-ring (bicyclic) bond motifs is 4. The fourth-order valence-corrected chi connectivity index (χ4v) is 7.83. The molecule has 1 aromatic heterocycles. The monoisotopic (exact) mass is 689 g/mol. The van der Waals surface area contributed by atoms with Gasteiger partial charge in [-0.25, -0.2) is 0 Å². The average molecular weight is 690 g/mol. The van der Waals surface area contributed by atoms with Gasteiger partial charge in [0.25, 0.3) is 0 Å². The van der Waals surface area contributed by atoms with Crippen LogP contribution in [0.2, 0.25) is 0 Å². The summed E-state index contributed by atoms with van der Waals surface area (Å²) < 4.78 is 6.77. The molecule has 254 valence electrons. The van der Waals surface area contributed by atoms with Crippen molar-refractivity contribution in [3.05, 3.63) is 212 Å². The molecule has 2 heteroatoms. The Hall–Kier alpha value is -7.16. The van der Waals surface area contributed by atoms with Crippen molar-refractivity contribution in [2.24, 2.45) is 0 Å². The van der Waals surface area contributed by atoms with E-state index < -0.39 is 0 Å². The van der Waals surface area contributed by atoms with Crippen LogP contribution in [0.5, 0.6) is 0 Å². The zero-order valence-electron chi connectivity index (χ0n) is 29.6. The molecule has 10 rings (SSSR count). The highest BCUT2D eigenvalue weighted by Gasteiger charge is 2.24. The average Bonchev–Trinajstić information content (AvgIpc) is 3.65. The quantitative estimate of drug-likeness (QED) is 0.166. The third-order valence-corrected chi connectivity index (χ3v) is 10.5. The molecule has 0 unspecified atom stereocenters. The summed E-state index contributed by atoms with van der Waals surface area (Å²) in [5.74, 6) is 0. The maximum Gasteiger partial charge on any atom is 0.145 e. The van der Waals surface area contributed by atoms with Crippen molar-refractivity contribution in [3.63, 3.8) is 0 Å². The molecule has 0 atom stereocenters. The topological polar surface area (TPSA) is 16.4 Å². The maximum absolute atomic E-state index is 6.77. The highest BCUT2D eigenvalue weighted by atomic mass is 16.3. The van der Waals surface area contributed by atoms with Gasteiger partial charge in [0, 0.05) is 22.2 Å². The minimum Gasteiger partial charge on any atom is -0.455 e. The Morgan fingerprint density at radius 3 is 1.78 bits per heavy atom. The molecule has 0 aliphatic rings. The van der Waals surface area contributed by atoms with Crippen molar-refractivity contribution in [2.75, 3.05) is 4.90 Å². The smallest absolute Gasteiger partial charge is 0.145 e. The summed E-state index contributed by atoms with van der Waals surface area (Å²) in [6.45, 7) is 0. The fourth-order valence-electron chi connectivity index (χ4n) is 7.83. The van der Waals surface area contributed by atoms with Gasteiger partial charge in [-0.2, -0.15) is 0 Å². The van der Waals surface area contributed by atoms with Gasteiger partial charge in [-0.15, -0.1) is 0 Å². The van der Waals surface area contributed by atoms with E-state index in [0.29, 0.717) is 0 Å². The highest BCUT2D eigenvalue weighted by molar-refractivity contribution is 6.17. The number of rotatable bonds is 7. The predicted molar refractivity (Wildman–Crippen MR) is 228 cm³/mol. The van der Waals surface area contributed by atoms with Gasteiger partial charge in [-0.1, -0.05) is 164 Å². The normalized spacial score (nSPS) is 11.3. The van der Waals surface area contributed by atoms with E-state index >= 15 is 0 Å². The second-order valence-corrected chi connectivity index (χ2v) is 13.7. The zero-order chi connectivity index (χ0) is 35.8. The van der Waals surface area contributed by atoms with Crippen LogP contribution in [0.3, 0.4) is 0 Å². The molecule has 54 heavy (non-hydrogen) atoms. The van der Waals surface area contributed by atoms with Gasteiger partial charge in [0.2, 0.25) is 0 Å². The number of hydrogen-bond acceptors (Lipinski definition) is 2. The second-order valence-electron chi connectivity index (χ2n) is 13.7. The van der Waals surface area contributed by atoms with Gasteiger partial charge in [0.1, 0.15) is 11.2 Å². The maximum atomic E-state index is 6.77. The molecule has 0 amide bonds. The second kappa shape index (κ2) is 13.4. The molecule has 0 fully saturated rings. The van der Waals surface area contributed by atoms with Crippen LogP contribution in [0.4, 0.5) is 17.1 Å². The first-order valence-corrected chi connectivity index (χ1v) is 18.4. The largest absolute Gasteiger partial charge is 0.455 e. The van der Waals surface area contributed by atoms with E-state index in [9.17, 15) is 0 Å². The Balaban J connectivity index is 1.20. The van der Waals surface area contributed by atoms with Crippen LogP contribution in [-0.2, 0) is 0 Å². The molecule has 1 heterocycles. The van der Waals surface area contributed by atoms with Crippen molar-refractivity contribution < 1.29 is 4.42 Å². The molecular weight excluding hydrogens is 655 g/mol. The van der Waals surface area contributed by atoms with Gasteiger partial charge in [0.05, 0.1) is 16.8 Å². The van der Waals surface area contributed by atoms with Gasteiger partial charge in [0.15, 0.2) is 0 Å². The highest BCUT2D eigenvalue weighted by Crippen LogP contribution is 2.48. The lowest BCUT2D eigenvalue weighted by atomic mass is 9.96. The molecule has 0 aliphatic heterocycles. The molecule has 0 aliphatic carbocycles. The number of nitrogens with zero attached hydrogens (tertiary/aromatic N) is 1. The van der Waals surface area contributed by atoms with E-state index in [4.69, 9.17) is 4.42 Å². The number of para-hydroxylation sites is 2. The van der Waals surface area contributed by atoms with Crippen LogP contribution in [-0.4, -0.2) is 0 Å². The first-order chi connectivity index (χ1) is 26.8. The zero-order valence-corrected chi connectivity index (χ0v) is 29.6.